The number of amides is 1. The van der Waals surface area contributed by atoms with Crippen LogP contribution in [0.2, 0.25) is 0 Å². The molecule has 1 fully saturated rings. The van der Waals surface area contributed by atoms with Crippen molar-refractivity contribution in [2.45, 2.75) is 24.3 Å². The predicted molar refractivity (Wildman–Crippen MR) is 85.4 cm³/mol. The van der Waals surface area contributed by atoms with Crippen molar-refractivity contribution in [3.8, 4) is 0 Å². The Balaban J connectivity index is 1.52. The lowest BCUT2D eigenvalue weighted by molar-refractivity contribution is -0.141. The van der Waals surface area contributed by atoms with E-state index in [1.807, 2.05) is 0 Å². The van der Waals surface area contributed by atoms with Crippen LogP contribution >= 0.6 is 0 Å². The predicted octanol–water partition coefficient (Wildman–Crippen LogP) is 3.78. The van der Waals surface area contributed by atoms with Crippen LogP contribution < -0.4 is 5.32 Å². The molecule has 10 heteroatoms. The number of benzene rings is 1. The number of hydrogen-bond acceptors (Lipinski definition) is 3. The van der Waals surface area contributed by atoms with Crippen molar-refractivity contribution in [2.75, 3.05) is 0 Å². The Hall–Kier alpha value is -2.91. The van der Waals surface area contributed by atoms with Gasteiger partial charge in [0, 0.05) is 23.7 Å². The fourth-order valence-corrected chi connectivity index (χ4v) is 3.33. The van der Waals surface area contributed by atoms with Crippen molar-refractivity contribution in [3.05, 3.63) is 65.0 Å². The largest absolute Gasteiger partial charge is 0.433 e. The summed E-state index contributed by atoms with van der Waals surface area (Å²) in [5.41, 5.74) is -1.07. The summed E-state index contributed by atoms with van der Waals surface area (Å²) in [5.74, 6) is -1.23. The van der Waals surface area contributed by atoms with Gasteiger partial charge in [0.25, 0.3) is 5.91 Å². The molecular formula is C18H11F6N3O. The maximum Gasteiger partial charge on any atom is 0.433 e. The Morgan fingerprint density at radius 1 is 0.857 bits per heavy atom. The van der Waals surface area contributed by atoms with Gasteiger partial charge in [-0.05, 0) is 29.8 Å². The van der Waals surface area contributed by atoms with E-state index in [-0.39, 0.29) is 23.4 Å². The van der Waals surface area contributed by atoms with Crippen LogP contribution in [0, 0.1) is 5.92 Å². The highest BCUT2D eigenvalue weighted by molar-refractivity contribution is 6.09. The van der Waals surface area contributed by atoms with Crippen LogP contribution in [-0.2, 0) is 17.1 Å². The molecule has 146 valence electrons. The molecule has 1 aromatic heterocycles. The number of alkyl halides is 6. The van der Waals surface area contributed by atoms with Crippen molar-refractivity contribution in [3.63, 3.8) is 0 Å². The highest BCUT2D eigenvalue weighted by atomic mass is 19.4. The Bertz CT molecular complexity index is 947. The smallest absolute Gasteiger partial charge is 0.365 e. The van der Waals surface area contributed by atoms with Crippen LogP contribution in [0.4, 0.5) is 26.3 Å². The molecule has 4 rings (SSSR count). The lowest BCUT2D eigenvalue weighted by Gasteiger charge is -2.13. The summed E-state index contributed by atoms with van der Waals surface area (Å²) in [7, 11) is 0. The van der Waals surface area contributed by atoms with Crippen LogP contribution in [0.25, 0.3) is 0 Å². The Labute approximate surface area is 154 Å². The second kappa shape index (κ2) is 6.05. The Morgan fingerprint density at radius 3 is 2.07 bits per heavy atom. The van der Waals surface area contributed by atoms with Gasteiger partial charge in [0.2, 0.25) is 0 Å². The number of carbonyl (C=O) groups is 1. The lowest BCUT2D eigenvalue weighted by atomic mass is 10.1. The first-order valence-electron chi connectivity index (χ1n) is 8.15. The van der Waals surface area contributed by atoms with Crippen LogP contribution in [0.1, 0.15) is 28.3 Å². The fourth-order valence-electron chi connectivity index (χ4n) is 3.33. The summed E-state index contributed by atoms with van der Waals surface area (Å²) in [5, 5.41) is 2.97. The van der Waals surface area contributed by atoms with Gasteiger partial charge in [0.1, 0.15) is 11.5 Å². The quantitative estimate of drug-likeness (QED) is 0.783. The van der Waals surface area contributed by atoms with Crippen molar-refractivity contribution >= 4 is 11.7 Å². The Kier molecular flexibility index (Phi) is 3.98. The number of rotatable bonds is 2. The van der Waals surface area contributed by atoms with Gasteiger partial charge in [0.15, 0.2) is 0 Å². The molecule has 0 bridgehead atoms. The second-order valence-corrected chi connectivity index (χ2v) is 6.57. The monoisotopic (exact) mass is 399 g/mol. The highest BCUT2D eigenvalue weighted by Gasteiger charge is 2.58. The van der Waals surface area contributed by atoms with Gasteiger partial charge in [-0.2, -0.15) is 31.3 Å². The van der Waals surface area contributed by atoms with E-state index in [0.717, 1.165) is 30.5 Å². The molecule has 1 aromatic carbocycles. The summed E-state index contributed by atoms with van der Waals surface area (Å²) in [6.07, 6.45) is -8.06. The maximum atomic E-state index is 12.7. The average Bonchev–Trinajstić information content (AvgIpc) is 3.35. The molecule has 2 aromatic rings. The molecule has 3 unspecified atom stereocenters. The van der Waals surface area contributed by atoms with Crippen molar-refractivity contribution in [1.82, 2.24) is 10.3 Å². The summed E-state index contributed by atoms with van der Waals surface area (Å²) in [6, 6.07) is 6.11. The molecule has 0 spiro atoms. The third kappa shape index (κ3) is 3.23. The molecule has 0 saturated heterocycles. The van der Waals surface area contributed by atoms with E-state index < -0.39 is 35.4 Å². The minimum absolute atomic E-state index is 0.0990. The molecule has 28 heavy (non-hydrogen) atoms. The molecule has 4 nitrogen and oxygen atoms in total. The minimum atomic E-state index is -4.58. The lowest BCUT2D eigenvalue weighted by Crippen LogP contribution is -2.34. The van der Waals surface area contributed by atoms with Gasteiger partial charge < -0.3 is 5.32 Å². The van der Waals surface area contributed by atoms with E-state index in [1.54, 1.807) is 0 Å². The number of aliphatic imine (C=N–C) groups is 1. The number of nitrogens with one attached hydrogen (secondary N) is 1. The summed E-state index contributed by atoms with van der Waals surface area (Å²) in [6.45, 7) is 0. The van der Waals surface area contributed by atoms with Gasteiger partial charge >= 0.3 is 12.4 Å². The first-order valence-corrected chi connectivity index (χ1v) is 8.15. The number of fused-ring (bicyclic) bond motifs is 1. The zero-order valence-corrected chi connectivity index (χ0v) is 13.8. The molecule has 2 aliphatic rings. The number of nitrogens with zero attached hydrogens (tertiary/aromatic N) is 2. The summed E-state index contributed by atoms with van der Waals surface area (Å²) < 4.78 is 75.8. The van der Waals surface area contributed by atoms with E-state index in [0.29, 0.717) is 5.56 Å². The van der Waals surface area contributed by atoms with Crippen LogP contribution in [0.5, 0.6) is 0 Å². The first kappa shape index (κ1) is 18.5. The number of carbonyl (C=O) groups excluding carboxylic acids is 1. The molecule has 1 N–H and O–H groups in total. The van der Waals surface area contributed by atoms with Crippen LogP contribution in [-0.4, -0.2) is 22.8 Å². The molecule has 3 atom stereocenters. The highest BCUT2D eigenvalue weighted by Crippen LogP contribution is 2.50. The van der Waals surface area contributed by atoms with Crippen LogP contribution in [0.3, 0.4) is 0 Å². The molecule has 1 aliphatic carbocycles. The molecular weight excluding hydrogens is 388 g/mol. The normalized spacial score (nSPS) is 24.3. The van der Waals surface area contributed by atoms with Gasteiger partial charge in [0.05, 0.1) is 11.5 Å². The second-order valence-electron chi connectivity index (χ2n) is 6.57. The number of amidine groups is 1. The van der Waals surface area contributed by atoms with E-state index >= 15 is 0 Å². The zero-order chi connectivity index (χ0) is 20.3. The molecule has 0 radical (unpaired) electrons. The molecule has 1 amide bonds. The van der Waals surface area contributed by atoms with E-state index in [9.17, 15) is 31.1 Å². The summed E-state index contributed by atoms with van der Waals surface area (Å²) >= 11 is 0. The van der Waals surface area contributed by atoms with Gasteiger partial charge in [-0.3, -0.25) is 9.78 Å². The topological polar surface area (TPSA) is 54.4 Å². The standard InChI is InChI=1S/C18H11F6N3O/c19-17(20,21)10-4-1-8(2-5-10)12-13-14(12)26-15(27-16(13)28)9-3-6-11(25-7-9)18(22,23)24/h1-7,12-14H,(H,26,27,28). The first-order chi connectivity index (χ1) is 13.1. The van der Waals surface area contributed by atoms with Crippen molar-refractivity contribution < 1.29 is 31.1 Å². The number of aromatic nitrogens is 1. The van der Waals surface area contributed by atoms with E-state index in [1.165, 1.54) is 12.1 Å². The zero-order valence-electron chi connectivity index (χ0n) is 13.8. The third-order valence-electron chi connectivity index (χ3n) is 4.78. The molecule has 2 heterocycles. The average molecular weight is 399 g/mol. The minimum Gasteiger partial charge on any atom is -0.365 e. The van der Waals surface area contributed by atoms with Gasteiger partial charge in [-0.25, -0.2) is 0 Å². The van der Waals surface area contributed by atoms with E-state index in [2.05, 4.69) is 15.3 Å². The Morgan fingerprint density at radius 2 is 1.54 bits per heavy atom. The molecule has 1 aliphatic heterocycles. The van der Waals surface area contributed by atoms with Crippen molar-refractivity contribution in [2.24, 2.45) is 10.9 Å². The van der Waals surface area contributed by atoms with Gasteiger partial charge in [-0.15, -0.1) is 0 Å². The molecule has 1 saturated carbocycles. The number of pyridine rings is 1. The van der Waals surface area contributed by atoms with Crippen LogP contribution in [0.15, 0.2) is 47.6 Å². The van der Waals surface area contributed by atoms with Gasteiger partial charge in [-0.1, -0.05) is 12.1 Å². The third-order valence-corrected chi connectivity index (χ3v) is 4.78. The fraction of sp³-hybridized carbons (Fsp3) is 0.278. The maximum absolute atomic E-state index is 12.7. The number of halogens is 6. The summed E-state index contributed by atoms with van der Waals surface area (Å²) in [4.78, 5) is 19.4. The SMILES string of the molecule is O=C1N=C(c2ccc(C(F)(F)F)nc2)NC2C1C2c1ccc(C(F)(F)F)cc1. The van der Waals surface area contributed by atoms with E-state index in [4.69, 9.17) is 0 Å². The number of hydrogen-bond donors (Lipinski definition) is 1. The van der Waals surface area contributed by atoms with Crippen molar-refractivity contribution in [1.29, 1.82) is 0 Å².